The van der Waals surface area contributed by atoms with Crippen molar-refractivity contribution < 1.29 is 9.90 Å². The lowest BCUT2D eigenvalue weighted by atomic mass is 10.0. The molecule has 0 amide bonds. The Bertz CT molecular complexity index is 638. The Kier molecular flexibility index (Phi) is 2.99. The van der Waals surface area contributed by atoms with Crippen LogP contribution in [-0.4, -0.2) is 21.0 Å². The van der Waals surface area contributed by atoms with E-state index in [0.717, 1.165) is 18.4 Å². The predicted octanol–water partition coefficient (Wildman–Crippen LogP) is 2.26. The number of aromatic nitrogens is 2. The van der Waals surface area contributed by atoms with Crippen molar-refractivity contribution in [2.75, 3.05) is 0 Å². The van der Waals surface area contributed by atoms with Crippen LogP contribution in [0.2, 0.25) is 0 Å². The molecule has 4 heteroatoms. The minimum absolute atomic E-state index is 0.0970. The molecule has 96 valence electrons. The molecule has 0 saturated heterocycles. The summed E-state index contributed by atoms with van der Waals surface area (Å²) >= 11 is 0. The van der Waals surface area contributed by atoms with Crippen molar-refractivity contribution in [1.29, 1.82) is 0 Å². The first kappa shape index (κ1) is 11.8. The van der Waals surface area contributed by atoms with Crippen molar-refractivity contribution in [2.45, 2.75) is 25.7 Å². The summed E-state index contributed by atoms with van der Waals surface area (Å²) in [5.74, 6) is -0.886. The number of carboxylic acid groups (broad SMARTS) is 1. The lowest BCUT2D eigenvalue weighted by Crippen LogP contribution is -2.05. The number of hydrogen-bond donors (Lipinski definition) is 1. The Balaban J connectivity index is 2.04. The van der Waals surface area contributed by atoms with Gasteiger partial charge in [-0.1, -0.05) is 12.1 Å². The average molecular weight is 254 g/mol. The summed E-state index contributed by atoms with van der Waals surface area (Å²) in [5, 5.41) is 8.93. The van der Waals surface area contributed by atoms with E-state index < -0.39 is 5.97 Å². The first-order valence-electron chi connectivity index (χ1n) is 6.38. The molecule has 1 aromatic carbocycles. The maximum atomic E-state index is 10.9. The quantitative estimate of drug-likeness (QED) is 0.912. The Morgan fingerprint density at radius 1 is 1.16 bits per heavy atom. The molecule has 0 spiro atoms. The third-order valence-electron chi connectivity index (χ3n) is 3.46. The van der Waals surface area contributed by atoms with Crippen LogP contribution in [0.25, 0.3) is 11.3 Å². The highest BCUT2D eigenvalue weighted by Crippen LogP contribution is 2.28. The second kappa shape index (κ2) is 4.80. The average Bonchev–Trinajstić information content (AvgIpc) is 2.86. The van der Waals surface area contributed by atoms with Gasteiger partial charge in [0.2, 0.25) is 0 Å². The van der Waals surface area contributed by atoms with E-state index in [1.54, 1.807) is 6.20 Å². The van der Waals surface area contributed by atoms with Gasteiger partial charge in [0, 0.05) is 18.0 Å². The summed E-state index contributed by atoms with van der Waals surface area (Å²) in [6.45, 7) is 0. The molecule has 0 radical (unpaired) electrons. The number of hydrogen-bond acceptors (Lipinski definition) is 3. The van der Waals surface area contributed by atoms with Gasteiger partial charge in [-0.15, -0.1) is 0 Å². The first-order valence-corrected chi connectivity index (χ1v) is 6.38. The van der Waals surface area contributed by atoms with Crippen LogP contribution in [-0.2, 0) is 24.1 Å². The predicted molar refractivity (Wildman–Crippen MR) is 70.8 cm³/mol. The highest BCUT2D eigenvalue weighted by Gasteiger charge is 2.15. The molecule has 0 fully saturated rings. The molecule has 0 saturated carbocycles. The van der Waals surface area contributed by atoms with Crippen molar-refractivity contribution >= 4 is 5.97 Å². The molecular weight excluding hydrogens is 240 g/mol. The standard InChI is InChI=1S/C15H14N2O2/c18-14(19)9-13-15(17-7-6-16-13)12-5-4-10-2-1-3-11(10)8-12/h4-8H,1-3,9H2,(H,18,19). The monoisotopic (exact) mass is 254 g/mol. The molecule has 0 unspecified atom stereocenters. The topological polar surface area (TPSA) is 63.1 Å². The number of rotatable bonds is 3. The van der Waals surface area contributed by atoms with Crippen molar-refractivity contribution in [3.63, 3.8) is 0 Å². The van der Waals surface area contributed by atoms with Crippen LogP contribution in [0.4, 0.5) is 0 Å². The Hall–Kier alpha value is -2.23. The van der Waals surface area contributed by atoms with E-state index in [2.05, 4.69) is 22.1 Å². The summed E-state index contributed by atoms with van der Waals surface area (Å²) in [4.78, 5) is 19.3. The highest BCUT2D eigenvalue weighted by atomic mass is 16.4. The van der Waals surface area contributed by atoms with Gasteiger partial charge in [0.25, 0.3) is 0 Å². The second-order valence-corrected chi connectivity index (χ2v) is 4.76. The van der Waals surface area contributed by atoms with E-state index in [1.165, 1.54) is 23.7 Å². The molecule has 4 nitrogen and oxygen atoms in total. The minimum Gasteiger partial charge on any atom is -0.481 e. The van der Waals surface area contributed by atoms with Gasteiger partial charge < -0.3 is 5.11 Å². The molecule has 1 N–H and O–H groups in total. The van der Waals surface area contributed by atoms with E-state index in [4.69, 9.17) is 5.11 Å². The fourth-order valence-corrected chi connectivity index (χ4v) is 2.60. The van der Waals surface area contributed by atoms with Crippen LogP contribution >= 0.6 is 0 Å². The highest BCUT2D eigenvalue weighted by molar-refractivity contribution is 5.74. The van der Waals surface area contributed by atoms with Crippen LogP contribution in [0.1, 0.15) is 23.2 Å². The fourth-order valence-electron chi connectivity index (χ4n) is 2.60. The van der Waals surface area contributed by atoms with E-state index >= 15 is 0 Å². The molecule has 2 aromatic rings. The summed E-state index contributed by atoms with van der Waals surface area (Å²) in [5.41, 5.74) is 4.91. The second-order valence-electron chi connectivity index (χ2n) is 4.76. The van der Waals surface area contributed by atoms with Crippen molar-refractivity contribution in [2.24, 2.45) is 0 Å². The number of carboxylic acids is 1. The summed E-state index contributed by atoms with van der Waals surface area (Å²) in [6.07, 6.45) is 6.47. The number of aryl methyl sites for hydroxylation is 2. The van der Waals surface area contributed by atoms with Gasteiger partial charge in [-0.25, -0.2) is 0 Å². The van der Waals surface area contributed by atoms with E-state index in [-0.39, 0.29) is 6.42 Å². The van der Waals surface area contributed by atoms with Gasteiger partial charge in [0.15, 0.2) is 0 Å². The molecule has 0 bridgehead atoms. The van der Waals surface area contributed by atoms with E-state index in [9.17, 15) is 4.79 Å². The fraction of sp³-hybridized carbons (Fsp3) is 0.267. The molecule has 19 heavy (non-hydrogen) atoms. The molecule has 1 aliphatic carbocycles. The van der Waals surface area contributed by atoms with E-state index in [0.29, 0.717) is 11.4 Å². The molecule has 1 heterocycles. The molecular formula is C15H14N2O2. The van der Waals surface area contributed by atoms with Crippen LogP contribution in [0, 0.1) is 0 Å². The van der Waals surface area contributed by atoms with Crippen LogP contribution in [0.15, 0.2) is 30.6 Å². The zero-order valence-electron chi connectivity index (χ0n) is 10.5. The third kappa shape index (κ3) is 2.34. The molecule has 1 aromatic heterocycles. The van der Waals surface area contributed by atoms with Gasteiger partial charge in [0.1, 0.15) is 0 Å². The zero-order valence-corrected chi connectivity index (χ0v) is 10.5. The van der Waals surface area contributed by atoms with Gasteiger partial charge in [0.05, 0.1) is 17.8 Å². The number of nitrogens with zero attached hydrogens (tertiary/aromatic N) is 2. The Labute approximate surface area is 111 Å². The maximum absolute atomic E-state index is 10.9. The van der Waals surface area contributed by atoms with Crippen molar-refractivity contribution in [3.8, 4) is 11.3 Å². The summed E-state index contributed by atoms with van der Waals surface area (Å²) < 4.78 is 0. The lowest BCUT2D eigenvalue weighted by Gasteiger charge is -2.07. The van der Waals surface area contributed by atoms with Crippen molar-refractivity contribution in [3.05, 3.63) is 47.4 Å². The van der Waals surface area contributed by atoms with Gasteiger partial charge in [-0.2, -0.15) is 0 Å². The molecule has 0 aliphatic heterocycles. The van der Waals surface area contributed by atoms with Gasteiger partial charge >= 0.3 is 5.97 Å². The normalized spacial score (nSPS) is 13.3. The van der Waals surface area contributed by atoms with Crippen LogP contribution < -0.4 is 0 Å². The zero-order chi connectivity index (χ0) is 13.2. The summed E-state index contributed by atoms with van der Waals surface area (Å²) in [6, 6.07) is 6.26. The van der Waals surface area contributed by atoms with Crippen molar-refractivity contribution in [1.82, 2.24) is 9.97 Å². The molecule has 3 rings (SSSR count). The number of benzene rings is 1. The van der Waals surface area contributed by atoms with Gasteiger partial charge in [-0.3, -0.25) is 14.8 Å². The number of aliphatic carboxylic acids is 1. The lowest BCUT2D eigenvalue weighted by molar-refractivity contribution is -0.136. The van der Waals surface area contributed by atoms with E-state index in [1.807, 2.05) is 6.07 Å². The van der Waals surface area contributed by atoms with Crippen LogP contribution in [0.5, 0.6) is 0 Å². The summed E-state index contributed by atoms with van der Waals surface area (Å²) in [7, 11) is 0. The third-order valence-corrected chi connectivity index (χ3v) is 3.46. The first-order chi connectivity index (χ1) is 9.24. The SMILES string of the molecule is O=C(O)Cc1nccnc1-c1ccc2c(c1)CCC2. The largest absolute Gasteiger partial charge is 0.481 e. The molecule has 0 atom stereocenters. The Morgan fingerprint density at radius 2 is 1.95 bits per heavy atom. The number of fused-ring (bicyclic) bond motifs is 1. The number of carbonyl (C=O) groups is 1. The smallest absolute Gasteiger partial charge is 0.309 e. The maximum Gasteiger partial charge on any atom is 0.309 e. The Morgan fingerprint density at radius 3 is 2.79 bits per heavy atom. The minimum atomic E-state index is -0.886. The van der Waals surface area contributed by atoms with Gasteiger partial charge in [-0.05, 0) is 36.5 Å². The molecule has 1 aliphatic rings. The van der Waals surface area contributed by atoms with Crippen LogP contribution in [0.3, 0.4) is 0 Å².